The van der Waals surface area contributed by atoms with E-state index in [2.05, 4.69) is 43.7 Å². The van der Waals surface area contributed by atoms with Crippen molar-refractivity contribution in [1.82, 2.24) is 4.98 Å². The van der Waals surface area contributed by atoms with Crippen LogP contribution in [0.2, 0.25) is 18.1 Å². The second-order valence-corrected chi connectivity index (χ2v) is 15.4. The van der Waals surface area contributed by atoms with Crippen molar-refractivity contribution < 1.29 is 24.0 Å². The Balaban J connectivity index is 1.64. The summed E-state index contributed by atoms with van der Waals surface area (Å²) in [6, 6.07) is 5.94. The molecule has 0 spiro atoms. The Hall–Kier alpha value is -2.50. The Morgan fingerprint density at radius 3 is 2.39 bits per heavy atom. The number of non-ortho nitro benzene ring substituents is 1. The van der Waals surface area contributed by atoms with E-state index in [0.29, 0.717) is 10.7 Å². The van der Waals surface area contributed by atoms with Gasteiger partial charge in [0, 0.05) is 31.3 Å². The van der Waals surface area contributed by atoms with Crippen LogP contribution in [0.1, 0.15) is 48.8 Å². The molecule has 1 fully saturated rings. The molecule has 2 aromatic rings. The molecular formula is C22H31N3O6SSi. The van der Waals surface area contributed by atoms with Gasteiger partial charge in [0.15, 0.2) is 18.3 Å². The number of hydrogen-bond donors (Lipinski definition) is 1. The summed E-state index contributed by atoms with van der Waals surface area (Å²) in [7, 11) is -1.83. The maximum Gasteiger partial charge on any atom is 0.351 e. The molecule has 0 bridgehead atoms. The van der Waals surface area contributed by atoms with E-state index < -0.39 is 19.2 Å². The Bertz CT molecular complexity index is 995. The van der Waals surface area contributed by atoms with E-state index in [0.717, 1.165) is 37.3 Å². The van der Waals surface area contributed by atoms with Crippen molar-refractivity contribution in [3.63, 3.8) is 0 Å². The summed E-state index contributed by atoms with van der Waals surface area (Å²) in [6.07, 6.45) is 1.94. The largest absolute Gasteiger partial charge is 0.477 e. The van der Waals surface area contributed by atoms with Crippen molar-refractivity contribution in [2.45, 2.75) is 64.5 Å². The third kappa shape index (κ3) is 6.09. The van der Waals surface area contributed by atoms with Gasteiger partial charge in [-0.05, 0) is 48.7 Å². The normalized spacial score (nSPS) is 15.5. The van der Waals surface area contributed by atoms with Crippen molar-refractivity contribution in [2.24, 2.45) is 0 Å². The molecule has 1 N–H and O–H groups in total. The number of ether oxygens (including phenoxy) is 1. The predicted molar refractivity (Wildman–Crippen MR) is 130 cm³/mol. The van der Waals surface area contributed by atoms with Crippen molar-refractivity contribution in [3.8, 4) is 5.88 Å². The molecular weight excluding hydrogens is 462 g/mol. The van der Waals surface area contributed by atoms with Crippen LogP contribution in [0, 0.1) is 10.1 Å². The van der Waals surface area contributed by atoms with Crippen molar-refractivity contribution >= 4 is 36.4 Å². The number of piperidine rings is 1. The van der Waals surface area contributed by atoms with Crippen molar-refractivity contribution in [2.75, 3.05) is 18.0 Å². The Labute approximate surface area is 198 Å². The molecule has 0 aliphatic carbocycles. The van der Waals surface area contributed by atoms with Gasteiger partial charge in [-0.3, -0.25) is 10.1 Å². The van der Waals surface area contributed by atoms with E-state index >= 15 is 0 Å². The van der Waals surface area contributed by atoms with Gasteiger partial charge in [0.05, 0.1) is 4.92 Å². The van der Waals surface area contributed by atoms with Gasteiger partial charge in [0.2, 0.25) is 5.88 Å². The highest BCUT2D eigenvalue weighted by Crippen LogP contribution is 2.39. The molecule has 1 aromatic heterocycles. The number of nitrogens with zero attached hydrogens (tertiary/aromatic N) is 3. The summed E-state index contributed by atoms with van der Waals surface area (Å²) in [5.41, 5.74) is 0.678. The average Bonchev–Trinajstić information content (AvgIpc) is 3.16. The minimum absolute atomic E-state index is 0.0122. The first-order chi connectivity index (χ1) is 15.4. The molecule has 0 amide bonds. The highest BCUT2D eigenvalue weighted by molar-refractivity contribution is 7.17. The van der Waals surface area contributed by atoms with Gasteiger partial charge < -0.3 is 19.2 Å². The first kappa shape index (κ1) is 25.1. The van der Waals surface area contributed by atoms with E-state index in [1.54, 1.807) is 12.1 Å². The van der Waals surface area contributed by atoms with Crippen LogP contribution >= 0.6 is 11.3 Å². The molecule has 2 heterocycles. The lowest BCUT2D eigenvalue weighted by Gasteiger charge is -2.41. The standard InChI is InChI=1S/C22H31N3O6SSi/c1-22(2,3)33(4,5)31-17-10-12-24(13-11-17)21-23-19(18(32-21)20(26)27)30-14-15-6-8-16(9-7-15)25(28)29/h6-9,17H,10-14H2,1-5H3,(H,26,27). The number of carbonyl (C=O) groups is 1. The Morgan fingerprint density at radius 1 is 1.27 bits per heavy atom. The SMILES string of the molecule is CC(C)(C)[Si](C)(C)OC1CCN(c2nc(OCc3ccc([N+](=O)[O-])cc3)c(C(=O)O)s2)CC1. The Kier molecular flexibility index (Phi) is 7.44. The number of carboxylic acid groups (broad SMARTS) is 1. The van der Waals surface area contributed by atoms with Crippen LogP contribution < -0.4 is 9.64 Å². The number of hydrogen-bond acceptors (Lipinski definition) is 8. The molecule has 1 aromatic carbocycles. The number of carboxylic acids is 1. The molecule has 1 saturated heterocycles. The van der Waals surface area contributed by atoms with E-state index in [-0.39, 0.29) is 34.2 Å². The summed E-state index contributed by atoms with van der Waals surface area (Å²) >= 11 is 1.10. The smallest absolute Gasteiger partial charge is 0.351 e. The van der Waals surface area contributed by atoms with Crippen LogP contribution in [0.25, 0.3) is 0 Å². The third-order valence-corrected chi connectivity index (χ3v) is 11.9. The quantitative estimate of drug-likeness (QED) is 0.298. The van der Waals surface area contributed by atoms with Gasteiger partial charge >= 0.3 is 5.97 Å². The van der Waals surface area contributed by atoms with Gasteiger partial charge in [-0.15, -0.1) is 0 Å². The van der Waals surface area contributed by atoms with Crippen LogP contribution in [-0.4, -0.2) is 48.5 Å². The fourth-order valence-corrected chi connectivity index (χ4v) is 5.61. The number of nitro groups is 1. The highest BCUT2D eigenvalue weighted by Gasteiger charge is 2.40. The Morgan fingerprint density at radius 2 is 1.88 bits per heavy atom. The lowest BCUT2D eigenvalue weighted by atomic mass is 10.1. The molecule has 33 heavy (non-hydrogen) atoms. The van der Waals surface area contributed by atoms with E-state index in [1.807, 2.05) is 0 Å². The van der Waals surface area contributed by atoms with Gasteiger partial charge in [0.25, 0.3) is 5.69 Å². The van der Waals surface area contributed by atoms with Crippen LogP contribution in [-0.2, 0) is 11.0 Å². The molecule has 11 heteroatoms. The van der Waals surface area contributed by atoms with E-state index in [4.69, 9.17) is 9.16 Å². The predicted octanol–water partition coefficient (Wildman–Crippen LogP) is 5.32. The number of anilines is 1. The molecule has 180 valence electrons. The van der Waals surface area contributed by atoms with Crippen LogP contribution in [0.3, 0.4) is 0 Å². The summed E-state index contributed by atoms with van der Waals surface area (Å²) in [5, 5.41) is 21.2. The fraction of sp³-hybridized carbons (Fsp3) is 0.545. The van der Waals surface area contributed by atoms with Crippen LogP contribution in [0.5, 0.6) is 5.88 Å². The lowest BCUT2D eigenvalue weighted by molar-refractivity contribution is -0.384. The fourth-order valence-electron chi connectivity index (χ4n) is 3.29. The summed E-state index contributed by atoms with van der Waals surface area (Å²) < 4.78 is 12.2. The minimum atomic E-state index is -1.83. The average molecular weight is 494 g/mol. The first-order valence-corrected chi connectivity index (χ1v) is 14.6. The second-order valence-electron chi connectivity index (χ2n) is 9.71. The lowest BCUT2D eigenvalue weighted by Crippen LogP contribution is -2.47. The number of thiazole rings is 1. The van der Waals surface area contributed by atoms with Crippen LogP contribution in [0.4, 0.5) is 10.8 Å². The molecule has 1 aliphatic rings. The molecule has 0 atom stereocenters. The first-order valence-electron chi connectivity index (χ1n) is 10.9. The summed E-state index contributed by atoms with van der Waals surface area (Å²) in [6.45, 7) is 12.8. The molecule has 0 radical (unpaired) electrons. The van der Waals surface area contributed by atoms with E-state index in [1.165, 1.54) is 12.1 Å². The maximum atomic E-state index is 11.7. The number of aromatic nitrogens is 1. The molecule has 9 nitrogen and oxygen atoms in total. The van der Waals surface area contributed by atoms with Gasteiger partial charge in [-0.25, -0.2) is 4.79 Å². The monoisotopic (exact) mass is 493 g/mol. The molecule has 1 aliphatic heterocycles. The third-order valence-electron chi connectivity index (χ3n) is 6.28. The zero-order valence-corrected chi connectivity index (χ0v) is 21.5. The van der Waals surface area contributed by atoms with Gasteiger partial charge in [0.1, 0.15) is 6.61 Å². The second kappa shape index (κ2) is 9.78. The van der Waals surface area contributed by atoms with Gasteiger partial charge in [-0.2, -0.15) is 4.98 Å². The molecule has 0 saturated carbocycles. The minimum Gasteiger partial charge on any atom is -0.477 e. The molecule has 3 rings (SSSR count). The topological polar surface area (TPSA) is 115 Å². The van der Waals surface area contributed by atoms with E-state index in [9.17, 15) is 20.0 Å². The number of aromatic carboxylic acids is 1. The zero-order valence-electron chi connectivity index (χ0n) is 19.7. The highest BCUT2D eigenvalue weighted by atomic mass is 32.1. The van der Waals surface area contributed by atoms with Crippen molar-refractivity contribution in [3.05, 3.63) is 44.8 Å². The number of benzene rings is 1. The zero-order chi connectivity index (χ0) is 24.4. The summed E-state index contributed by atoms with van der Waals surface area (Å²) in [4.78, 5) is 28.6. The number of nitro benzene ring substituents is 1. The van der Waals surface area contributed by atoms with Crippen molar-refractivity contribution in [1.29, 1.82) is 0 Å². The molecule has 0 unspecified atom stereocenters. The van der Waals surface area contributed by atoms with Crippen LogP contribution in [0.15, 0.2) is 24.3 Å². The van der Waals surface area contributed by atoms with Gasteiger partial charge in [-0.1, -0.05) is 32.1 Å². The maximum absolute atomic E-state index is 11.7. The summed E-state index contributed by atoms with van der Waals surface area (Å²) in [5.74, 6) is -1.02. The number of rotatable bonds is 8.